The van der Waals surface area contributed by atoms with Crippen LogP contribution in [0.2, 0.25) is 0 Å². The van der Waals surface area contributed by atoms with Gasteiger partial charge in [0.1, 0.15) is 17.6 Å². The molecule has 0 spiro atoms. The Labute approximate surface area is 231 Å². The maximum absolute atomic E-state index is 13.4. The number of amides is 3. The molecule has 9 nitrogen and oxygen atoms in total. The summed E-state index contributed by atoms with van der Waals surface area (Å²) in [6.45, 7) is 1.14. The van der Waals surface area contributed by atoms with Gasteiger partial charge in [-0.1, -0.05) is 24.3 Å². The van der Waals surface area contributed by atoms with E-state index >= 15 is 0 Å². The number of carbonyl (C=O) groups excluding carboxylic acids is 3. The summed E-state index contributed by atoms with van der Waals surface area (Å²) in [5, 5.41) is 5.97. The van der Waals surface area contributed by atoms with Crippen molar-refractivity contribution in [3.63, 3.8) is 0 Å². The van der Waals surface area contributed by atoms with Crippen LogP contribution in [0.15, 0.2) is 67.0 Å². The third kappa shape index (κ3) is 6.69. The number of thioether (sulfide) groups is 1. The summed E-state index contributed by atoms with van der Waals surface area (Å²) in [7, 11) is 0. The van der Waals surface area contributed by atoms with Crippen LogP contribution in [0.4, 0.5) is 0 Å². The highest BCUT2D eigenvalue weighted by Gasteiger charge is 2.34. The van der Waals surface area contributed by atoms with Gasteiger partial charge in [-0.15, -0.1) is 0 Å². The molecule has 6 bridgehead atoms. The van der Waals surface area contributed by atoms with Gasteiger partial charge in [-0.05, 0) is 47.7 Å². The second-order valence-electron chi connectivity index (χ2n) is 9.50. The summed E-state index contributed by atoms with van der Waals surface area (Å²) in [4.78, 5) is 44.5. The van der Waals surface area contributed by atoms with Crippen LogP contribution < -0.4 is 20.1 Å². The molecule has 1 fully saturated rings. The number of ether oxygens (including phenoxy) is 2. The minimum Gasteiger partial charge on any atom is -0.488 e. The number of nitrogens with zero attached hydrogens (tertiary/aromatic N) is 2. The summed E-state index contributed by atoms with van der Waals surface area (Å²) in [5.41, 5.74) is 2.85. The molecule has 6 rings (SSSR count). The largest absolute Gasteiger partial charge is 0.488 e. The van der Waals surface area contributed by atoms with E-state index < -0.39 is 6.04 Å². The van der Waals surface area contributed by atoms with E-state index in [1.807, 2.05) is 48.7 Å². The Hall–Kier alpha value is -4.05. The van der Waals surface area contributed by atoms with E-state index in [1.165, 1.54) is 18.0 Å². The molecule has 1 saturated heterocycles. The number of nitrogens with one attached hydrogen (secondary N) is 2. The van der Waals surface area contributed by atoms with E-state index in [2.05, 4.69) is 15.6 Å². The second kappa shape index (κ2) is 12.2. The molecule has 0 aliphatic carbocycles. The van der Waals surface area contributed by atoms with E-state index in [4.69, 9.17) is 9.47 Å². The first-order valence-electron chi connectivity index (χ1n) is 12.8. The zero-order chi connectivity index (χ0) is 27.2. The number of fused-ring (bicyclic) bond motifs is 7. The van der Waals surface area contributed by atoms with Gasteiger partial charge < -0.3 is 25.0 Å². The lowest BCUT2D eigenvalue weighted by molar-refractivity contribution is -0.130. The van der Waals surface area contributed by atoms with Gasteiger partial charge in [-0.2, -0.15) is 11.8 Å². The molecule has 10 heteroatoms. The maximum Gasteiger partial charge on any atom is 0.258 e. The number of likely N-dealkylation sites (tertiary alicyclic amines) is 1. The molecule has 4 heterocycles. The quantitative estimate of drug-likeness (QED) is 0.509. The van der Waals surface area contributed by atoms with Crippen LogP contribution in [0.3, 0.4) is 0 Å². The van der Waals surface area contributed by atoms with Crippen molar-refractivity contribution in [3.8, 4) is 22.6 Å². The SMILES string of the molecule is CSCC(=O)N1CC[C@@H]2Oc3ccc(cc3)CNC(=O)COc3cccc(c3)-c3cncc(c3)C(=O)N[C@@H]2C1. The van der Waals surface area contributed by atoms with Gasteiger partial charge in [0.2, 0.25) is 5.91 Å². The molecule has 3 aliphatic heterocycles. The molecule has 0 unspecified atom stereocenters. The molecule has 3 aliphatic rings. The number of benzene rings is 2. The van der Waals surface area contributed by atoms with E-state index in [1.54, 1.807) is 23.2 Å². The van der Waals surface area contributed by atoms with Gasteiger partial charge >= 0.3 is 0 Å². The van der Waals surface area contributed by atoms with Gasteiger partial charge in [0.15, 0.2) is 6.61 Å². The fourth-order valence-corrected chi connectivity index (χ4v) is 5.08. The van der Waals surface area contributed by atoms with Crippen molar-refractivity contribution in [2.45, 2.75) is 25.1 Å². The molecule has 3 amide bonds. The van der Waals surface area contributed by atoms with Crippen molar-refractivity contribution in [2.75, 3.05) is 31.7 Å². The van der Waals surface area contributed by atoms with Gasteiger partial charge in [-0.3, -0.25) is 19.4 Å². The van der Waals surface area contributed by atoms with Gasteiger partial charge in [0.25, 0.3) is 11.8 Å². The number of hydrogen-bond donors (Lipinski definition) is 2. The van der Waals surface area contributed by atoms with Crippen LogP contribution in [0.1, 0.15) is 22.3 Å². The van der Waals surface area contributed by atoms with E-state index in [-0.39, 0.29) is 30.4 Å². The van der Waals surface area contributed by atoms with Crippen LogP contribution in [-0.2, 0) is 16.1 Å². The normalized spacial score (nSPS) is 19.6. The van der Waals surface area contributed by atoms with E-state index in [0.29, 0.717) is 48.9 Å². The number of rotatable bonds is 2. The first-order chi connectivity index (χ1) is 19.0. The van der Waals surface area contributed by atoms with Crippen LogP contribution >= 0.6 is 11.8 Å². The zero-order valence-electron chi connectivity index (χ0n) is 21.6. The first-order valence-corrected chi connectivity index (χ1v) is 14.2. The monoisotopic (exact) mass is 546 g/mol. The molecule has 2 N–H and O–H groups in total. The topological polar surface area (TPSA) is 110 Å². The highest BCUT2D eigenvalue weighted by atomic mass is 32.2. The second-order valence-corrected chi connectivity index (χ2v) is 10.4. The highest BCUT2D eigenvalue weighted by Crippen LogP contribution is 2.25. The van der Waals surface area contributed by atoms with Crippen molar-refractivity contribution in [1.82, 2.24) is 20.5 Å². The standard InChI is InChI=1S/C29H30N4O5S/c1-39-18-28(35)33-10-9-26-25(16-33)32-29(36)22-11-21(14-30-15-22)20-3-2-4-24(12-20)37-17-27(34)31-13-19-5-7-23(38-26)8-6-19/h2-8,11-12,14-15,25-26H,9-10,13,16-18H2,1H3,(H,31,34)(H,32,36)/t25-,26+/m1/s1. The lowest BCUT2D eigenvalue weighted by atomic mass is 10.0. The number of piperidine rings is 1. The smallest absolute Gasteiger partial charge is 0.258 e. The van der Waals surface area contributed by atoms with Crippen LogP contribution in [0.25, 0.3) is 11.1 Å². The van der Waals surface area contributed by atoms with Gasteiger partial charge in [0.05, 0.1) is 17.4 Å². The molecular weight excluding hydrogens is 516 g/mol. The zero-order valence-corrected chi connectivity index (χ0v) is 22.4. The molecule has 2 aromatic carbocycles. The molecule has 0 saturated carbocycles. The Morgan fingerprint density at radius 3 is 2.69 bits per heavy atom. The Bertz CT molecular complexity index is 1350. The lowest BCUT2D eigenvalue weighted by Crippen LogP contribution is -2.58. The third-order valence-electron chi connectivity index (χ3n) is 6.72. The predicted molar refractivity (Wildman–Crippen MR) is 149 cm³/mol. The number of pyridine rings is 1. The average Bonchev–Trinajstić information content (AvgIpc) is 2.96. The number of aromatic nitrogens is 1. The molecule has 202 valence electrons. The number of hydrogen-bond acceptors (Lipinski definition) is 7. The average molecular weight is 547 g/mol. The van der Waals surface area contributed by atoms with Crippen LogP contribution in [-0.4, -0.2) is 71.5 Å². The third-order valence-corrected chi connectivity index (χ3v) is 7.26. The Balaban J connectivity index is 1.46. The molecule has 1 aromatic heterocycles. The summed E-state index contributed by atoms with van der Waals surface area (Å²) >= 11 is 1.48. The highest BCUT2D eigenvalue weighted by molar-refractivity contribution is 7.99. The van der Waals surface area contributed by atoms with Crippen molar-refractivity contribution in [2.24, 2.45) is 0 Å². The Morgan fingerprint density at radius 1 is 1.05 bits per heavy atom. The molecule has 0 radical (unpaired) electrons. The summed E-state index contributed by atoms with van der Waals surface area (Å²) in [5.74, 6) is 1.08. The van der Waals surface area contributed by atoms with E-state index in [9.17, 15) is 14.4 Å². The van der Waals surface area contributed by atoms with Gasteiger partial charge in [0, 0.05) is 44.0 Å². The molecule has 2 atom stereocenters. The van der Waals surface area contributed by atoms with Crippen LogP contribution in [0.5, 0.6) is 11.5 Å². The Morgan fingerprint density at radius 2 is 1.87 bits per heavy atom. The molecule has 39 heavy (non-hydrogen) atoms. The minimum absolute atomic E-state index is 0.0406. The minimum atomic E-state index is -0.415. The summed E-state index contributed by atoms with van der Waals surface area (Å²) in [6, 6.07) is 16.1. The van der Waals surface area contributed by atoms with Crippen LogP contribution in [0, 0.1) is 0 Å². The Kier molecular flexibility index (Phi) is 8.31. The predicted octanol–water partition coefficient (Wildman–Crippen LogP) is 2.90. The first kappa shape index (κ1) is 26.6. The van der Waals surface area contributed by atoms with Crippen molar-refractivity contribution >= 4 is 29.5 Å². The maximum atomic E-state index is 13.4. The van der Waals surface area contributed by atoms with Gasteiger partial charge in [-0.25, -0.2) is 0 Å². The van der Waals surface area contributed by atoms with Crippen molar-refractivity contribution < 1.29 is 23.9 Å². The van der Waals surface area contributed by atoms with E-state index in [0.717, 1.165) is 16.7 Å². The van der Waals surface area contributed by atoms with Crippen molar-refractivity contribution in [1.29, 1.82) is 0 Å². The lowest BCUT2D eigenvalue weighted by Gasteiger charge is -2.38. The number of carbonyl (C=O) groups is 3. The molecule has 3 aromatic rings. The summed E-state index contributed by atoms with van der Waals surface area (Å²) in [6.07, 6.45) is 5.34. The fourth-order valence-electron chi connectivity index (χ4n) is 4.65. The molecular formula is C29H30N4O5S. The fraction of sp³-hybridized carbons (Fsp3) is 0.310. The van der Waals surface area contributed by atoms with Crippen molar-refractivity contribution in [3.05, 3.63) is 78.1 Å². The summed E-state index contributed by atoms with van der Waals surface area (Å²) < 4.78 is 12.0.